The van der Waals surface area contributed by atoms with Crippen LogP contribution in [0.25, 0.3) is 0 Å². The zero-order valence-electron chi connectivity index (χ0n) is 11.9. The molecule has 1 aliphatic heterocycles. The van der Waals surface area contributed by atoms with Crippen LogP contribution in [0, 0.1) is 0 Å². The molecular weight excluding hydrogens is 222 g/mol. The van der Waals surface area contributed by atoms with Crippen molar-refractivity contribution in [2.75, 3.05) is 31.1 Å². The van der Waals surface area contributed by atoms with Crippen molar-refractivity contribution < 1.29 is 0 Å². The van der Waals surface area contributed by atoms with Crippen LogP contribution in [-0.4, -0.2) is 36.1 Å². The molecule has 1 atom stereocenters. The largest absolute Gasteiger partial charge is 0.357 e. The van der Waals surface area contributed by atoms with Gasteiger partial charge in [-0.3, -0.25) is 4.90 Å². The van der Waals surface area contributed by atoms with Gasteiger partial charge in [-0.15, -0.1) is 0 Å². The molecule has 0 saturated carbocycles. The van der Waals surface area contributed by atoms with Crippen LogP contribution < -0.4 is 4.90 Å². The van der Waals surface area contributed by atoms with Gasteiger partial charge in [0.2, 0.25) is 0 Å². The van der Waals surface area contributed by atoms with Crippen LogP contribution in [0.15, 0.2) is 18.3 Å². The van der Waals surface area contributed by atoms with Crippen LogP contribution in [0.3, 0.4) is 0 Å². The molecule has 100 valence electrons. The number of aromatic nitrogens is 1. The van der Waals surface area contributed by atoms with Gasteiger partial charge in [0.1, 0.15) is 5.82 Å². The monoisotopic (exact) mass is 247 g/mol. The zero-order chi connectivity index (χ0) is 13.0. The van der Waals surface area contributed by atoms with E-state index in [9.17, 15) is 0 Å². The average Bonchev–Trinajstić information content (AvgIpc) is 2.89. The molecule has 0 radical (unpaired) electrons. The maximum Gasteiger partial charge on any atom is 0.128 e. The molecule has 2 rings (SSSR count). The fraction of sp³-hybridized carbons (Fsp3) is 0.667. The summed E-state index contributed by atoms with van der Waals surface area (Å²) in [5, 5.41) is 0. The van der Waals surface area contributed by atoms with E-state index in [1.165, 1.54) is 24.9 Å². The van der Waals surface area contributed by atoms with E-state index in [2.05, 4.69) is 53.9 Å². The van der Waals surface area contributed by atoms with Crippen molar-refractivity contribution in [1.82, 2.24) is 9.88 Å². The third kappa shape index (κ3) is 2.66. The Morgan fingerprint density at radius 2 is 2.06 bits per heavy atom. The summed E-state index contributed by atoms with van der Waals surface area (Å²) >= 11 is 0. The van der Waals surface area contributed by atoms with Crippen LogP contribution in [0.2, 0.25) is 0 Å². The summed E-state index contributed by atoms with van der Waals surface area (Å²) < 4.78 is 0. The van der Waals surface area contributed by atoms with Gasteiger partial charge >= 0.3 is 0 Å². The van der Waals surface area contributed by atoms with E-state index in [1.54, 1.807) is 0 Å². The molecule has 0 bridgehead atoms. The van der Waals surface area contributed by atoms with Gasteiger partial charge in [0.15, 0.2) is 0 Å². The minimum Gasteiger partial charge on any atom is -0.357 e. The molecule has 0 aliphatic carbocycles. The molecule has 0 amide bonds. The highest BCUT2D eigenvalue weighted by atomic mass is 15.2. The van der Waals surface area contributed by atoms with Gasteiger partial charge in [0.25, 0.3) is 0 Å². The number of hydrogen-bond acceptors (Lipinski definition) is 3. The second-order valence-electron chi connectivity index (χ2n) is 4.91. The van der Waals surface area contributed by atoms with Crippen molar-refractivity contribution in [2.45, 2.75) is 39.7 Å². The molecule has 0 N–H and O–H groups in total. The van der Waals surface area contributed by atoms with Gasteiger partial charge in [-0.1, -0.05) is 13.0 Å². The first kappa shape index (κ1) is 13.3. The Bertz CT molecular complexity index is 357. The van der Waals surface area contributed by atoms with Crippen molar-refractivity contribution in [1.29, 1.82) is 0 Å². The number of hydrogen-bond donors (Lipinski definition) is 0. The van der Waals surface area contributed by atoms with Crippen LogP contribution >= 0.6 is 0 Å². The van der Waals surface area contributed by atoms with Crippen LogP contribution in [-0.2, 0) is 0 Å². The number of nitrogens with zero attached hydrogens (tertiary/aromatic N) is 3. The van der Waals surface area contributed by atoms with Gasteiger partial charge in [0, 0.05) is 25.3 Å². The highest BCUT2D eigenvalue weighted by Gasteiger charge is 2.24. The van der Waals surface area contributed by atoms with Crippen molar-refractivity contribution in [3.05, 3.63) is 23.9 Å². The Morgan fingerprint density at radius 3 is 2.61 bits per heavy atom. The highest BCUT2D eigenvalue weighted by molar-refractivity contribution is 5.39. The van der Waals surface area contributed by atoms with Gasteiger partial charge in [-0.25, -0.2) is 4.98 Å². The summed E-state index contributed by atoms with van der Waals surface area (Å²) in [5.74, 6) is 1.10. The van der Waals surface area contributed by atoms with Crippen molar-refractivity contribution >= 4 is 5.82 Å². The summed E-state index contributed by atoms with van der Waals surface area (Å²) in [6.07, 6.45) is 4.67. The normalized spacial score (nSPS) is 20.3. The van der Waals surface area contributed by atoms with Crippen molar-refractivity contribution in [2.24, 2.45) is 0 Å². The predicted octanol–water partition coefficient (Wildman–Crippen LogP) is 3.08. The molecule has 3 nitrogen and oxygen atoms in total. The van der Waals surface area contributed by atoms with Gasteiger partial charge in [0.05, 0.1) is 0 Å². The van der Waals surface area contributed by atoms with E-state index in [0.29, 0.717) is 6.04 Å². The molecule has 1 saturated heterocycles. The summed E-state index contributed by atoms with van der Waals surface area (Å²) in [7, 11) is 0. The smallest absolute Gasteiger partial charge is 0.128 e. The van der Waals surface area contributed by atoms with Crippen LogP contribution in [0.5, 0.6) is 0 Å². The molecule has 1 aliphatic rings. The fourth-order valence-electron chi connectivity index (χ4n) is 2.91. The summed E-state index contributed by atoms with van der Waals surface area (Å²) in [6.45, 7) is 11.0. The molecule has 1 fully saturated rings. The zero-order valence-corrected chi connectivity index (χ0v) is 11.9. The molecule has 2 heterocycles. The molecule has 0 spiro atoms. The summed E-state index contributed by atoms with van der Waals surface area (Å²) in [5.41, 5.74) is 1.38. The minimum absolute atomic E-state index is 0.591. The van der Waals surface area contributed by atoms with Crippen LogP contribution in [0.1, 0.15) is 45.2 Å². The Labute approximate surface area is 111 Å². The van der Waals surface area contributed by atoms with Gasteiger partial charge in [-0.05, 0) is 51.4 Å². The molecule has 1 unspecified atom stereocenters. The third-order valence-electron chi connectivity index (χ3n) is 4.01. The van der Waals surface area contributed by atoms with Gasteiger partial charge in [-0.2, -0.15) is 0 Å². The lowest BCUT2D eigenvalue weighted by Gasteiger charge is -2.24. The van der Waals surface area contributed by atoms with Crippen LogP contribution in [0.4, 0.5) is 5.82 Å². The second kappa shape index (κ2) is 6.19. The predicted molar refractivity (Wildman–Crippen MR) is 77.0 cm³/mol. The maximum atomic E-state index is 4.63. The Morgan fingerprint density at radius 1 is 1.28 bits per heavy atom. The Hall–Kier alpha value is -1.09. The molecule has 0 aromatic carbocycles. The van der Waals surface area contributed by atoms with E-state index in [0.717, 1.165) is 25.5 Å². The average molecular weight is 247 g/mol. The molecule has 1 aromatic heterocycles. The molecule has 18 heavy (non-hydrogen) atoms. The lowest BCUT2D eigenvalue weighted by atomic mass is 10.1. The van der Waals surface area contributed by atoms with E-state index in [-0.39, 0.29) is 0 Å². The van der Waals surface area contributed by atoms with E-state index in [1.807, 2.05) is 0 Å². The first-order valence-corrected chi connectivity index (χ1v) is 7.25. The first-order chi connectivity index (χ1) is 8.80. The second-order valence-corrected chi connectivity index (χ2v) is 4.91. The number of pyridine rings is 1. The summed E-state index contributed by atoms with van der Waals surface area (Å²) in [6, 6.07) is 5.03. The highest BCUT2D eigenvalue weighted by Crippen LogP contribution is 2.31. The Kier molecular flexibility index (Phi) is 4.59. The number of anilines is 1. The fourth-order valence-corrected chi connectivity index (χ4v) is 2.91. The van der Waals surface area contributed by atoms with E-state index >= 15 is 0 Å². The maximum absolute atomic E-state index is 4.63. The molecular formula is C15H25N3. The topological polar surface area (TPSA) is 19.4 Å². The number of rotatable bonds is 5. The minimum atomic E-state index is 0.591. The standard InChI is InChI=1S/C15H25N3/c1-4-17(5-2)15-10-9-13(12-16-15)14-8-7-11-18(14)6-3/h9-10,12,14H,4-8,11H2,1-3H3. The third-order valence-corrected chi connectivity index (χ3v) is 4.01. The van der Waals surface area contributed by atoms with E-state index in [4.69, 9.17) is 0 Å². The quantitative estimate of drug-likeness (QED) is 0.797. The molecule has 3 heteroatoms. The first-order valence-electron chi connectivity index (χ1n) is 7.25. The van der Waals surface area contributed by atoms with Gasteiger partial charge < -0.3 is 4.90 Å². The molecule has 1 aromatic rings. The SMILES string of the molecule is CCN(CC)c1ccc(C2CCCN2CC)cn1. The lowest BCUT2D eigenvalue weighted by molar-refractivity contribution is 0.271. The Balaban J connectivity index is 2.12. The van der Waals surface area contributed by atoms with Crippen molar-refractivity contribution in [3.8, 4) is 0 Å². The van der Waals surface area contributed by atoms with E-state index < -0.39 is 0 Å². The van der Waals surface area contributed by atoms with Crippen molar-refractivity contribution in [3.63, 3.8) is 0 Å². The lowest BCUT2D eigenvalue weighted by Crippen LogP contribution is -2.24. The number of likely N-dealkylation sites (tertiary alicyclic amines) is 1. The summed E-state index contributed by atoms with van der Waals surface area (Å²) in [4.78, 5) is 9.47.